The van der Waals surface area contributed by atoms with Crippen molar-refractivity contribution in [2.24, 2.45) is 0 Å². The summed E-state index contributed by atoms with van der Waals surface area (Å²) in [6, 6.07) is 25.7. The maximum absolute atomic E-state index is 5.71. The third kappa shape index (κ3) is 5.45. The topological polar surface area (TPSA) is 39.7 Å². The van der Waals surface area contributed by atoms with Crippen molar-refractivity contribution in [2.75, 3.05) is 25.6 Å². The average molecular weight is 349 g/mol. The second-order valence-electron chi connectivity index (χ2n) is 5.74. The zero-order valence-electron chi connectivity index (χ0n) is 14.9. The van der Waals surface area contributed by atoms with Crippen LogP contribution >= 0.6 is 0 Å². The van der Waals surface area contributed by atoms with E-state index in [9.17, 15) is 0 Å². The third-order valence-corrected chi connectivity index (χ3v) is 3.85. The SMILES string of the molecule is COc1cccc(NCc2ccc(OCCOc3ccccc3)cc2)c1. The first-order chi connectivity index (χ1) is 12.8. The normalized spacial score (nSPS) is 10.2. The van der Waals surface area contributed by atoms with Gasteiger partial charge in [-0.3, -0.25) is 0 Å². The molecule has 0 saturated carbocycles. The molecule has 4 heteroatoms. The van der Waals surface area contributed by atoms with Gasteiger partial charge in [-0.1, -0.05) is 36.4 Å². The Morgan fingerprint density at radius 1 is 0.692 bits per heavy atom. The number of anilines is 1. The van der Waals surface area contributed by atoms with Crippen molar-refractivity contribution in [2.45, 2.75) is 6.54 Å². The number of hydrogen-bond acceptors (Lipinski definition) is 4. The first kappa shape index (κ1) is 17.7. The molecule has 26 heavy (non-hydrogen) atoms. The zero-order valence-corrected chi connectivity index (χ0v) is 14.9. The fraction of sp³-hybridized carbons (Fsp3) is 0.182. The lowest BCUT2D eigenvalue weighted by Gasteiger charge is -2.10. The summed E-state index contributed by atoms with van der Waals surface area (Å²) in [6.07, 6.45) is 0. The summed E-state index contributed by atoms with van der Waals surface area (Å²) in [5.41, 5.74) is 2.21. The molecule has 0 aliphatic carbocycles. The van der Waals surface area contributed by atoms with Crippen LogP contribution in [0, 0.1) is 0 Å². The van der Waals surface area contributed by atoms with Crippen LogP contribution in [0.2, 0.25) is 0 Å². The Bertz CT molecular complexity index is 788. The lowest BCUT2D eigenvalue weighted by Crippen LogP contribution is -2.09. The Morgan fingerprint density at radius 2 is 1.35 bits per heavy atom. The second-order valence-corrected chi connectivity index (χ2v) is 5.74. The predicted octanol–water partition coefficient (Wildman–Crippen LogP) is 4.77. The summed E-state index contributed by atoms with van der Waals surface area (Å²) >= 11 is 0. The first-order valence-corrected chi connectivity index (χ1v) is 8.61. The highest BCUT2D eigenvalue weighted by atomic mass is 16.5. The average Bonchev–Trinajstić information content (AvgIpc) is 2.71. The molecule has 0 bridgehead atoms. The molecule has 134 valence electrons. The van der Waals surface area contributed by atoms with E-state index < -0.39 is 0 Å². The molecule has 3 aromatic carbocycles. The van der Waals surface area contributed by atoms with Gasteiger partial charge in [-0.05, 0) is 42.0 Å². The fourth-order valence-electron chi connectivity index (χ4n) is 2.48. The van der Waals surface area contributed by atoms with Crippen molar-refractivity contribution in [3.8, 4) is 17.2 Å². The molecule has 4 nitrogen and oxygen atoms in total. The van der Waals surface area contributed by atoms with Gasteiger partial charge in [0.2, 0.25) is 0 Å². The van der Waals surface area contributed by atoms with Gasteiger partial charge in [0.15, 0.2) is 0 Å². The van der Waals surface area contributed by atoms with E-state index in [1.54, 1.807) is 7.11 Å². The molecule has 0 saturated heterocycles. The van der Waals surface area contributed by atoms with E-state index in [0.717, 1.165) is 29.5 Å². The monoisotopic (exact) mass is 349 g/mol. The quantitative estimate of drug-likeness (QED) is 0.565. The van der Waals surface area contributed by atoms with Gasteiger partial charge < -0.3 is 19.5 Å². The summed E-state index contributed by atoms with van der Waals surface area (Å²) in [7, 11) is 1.67. The van der Waals surface area contributed by atoms with Crippen molar-refractivity contribution in [1.29, 1.82) is 0 Å². The van der Waals surface area contributed by atoms with Crippen molar-refractivity contribution in [3.05, 3.63) is 84.4 Å². The largest absolute Gasteiger partial charge is 0.497 e. The van der Waals surface area contributed by atoms with Gasteiger partial charge in [-0.2, -0.15) is 0 Å². The number of para-hydroxylation sites is 1. The molecular weight excluding hydrogens is 326 g/mol. The van der Waals surface area contributed by atoms with Crippen LogP contribution in [0.3, 0.4) is 0 Å². The molecule has 0 aliphatic heterocycles. The van der Waals surface area contributed by atoms with E-state index in [1.807, 2.05) is 66.7 Å². The second kappa shape index (κ2) is 9.37. The van der Waals surface area contributed by atoms with Crippen molar-refractivity contribution >= 4 is 5.69 Å². The van der Waals surface area contributed by atoms with Gasteiger partial charge in [-0.15, -0.1) is 0 Å². The molecule has 0 spiro atoms. The van der Waals surface area contributed by atoms with E-state index in [-0.39, 0.29) is 0 Å². The van der Waals surface area contributed by atoms with Gasteiger partial charge in [0.1, 0.15) is 30.5 Å². The molecule has 0 unspecified atom stereocenters. The van der Waals surface area contributed by atoms with Crippen molar-refractivity contribution in [1.82, 2.24) is 0 Å². The maximum atomic E-state index is 5.71. The standard InChI is InChI=1S/C22H23NO3/c1-24-22-9-5-6-19(16-22)23-17-18-10-12-21(13-11-18)26-15-14-25-20-7-3-2-4-8-20/h2-13,16,23H,14-15,17H2,1H3. The minimum atomic E-state index is 0.510. The van der Waals surface area contributed by atoms with Crippen LogP contribution in [0.15, 0.2) is 78.9 Å². The van der Waals surface area contributed by atoms with E-state index in [4.69, 9.17) is 14.2 Å². The highest BCUT2D eigenvalue weighted by Crippen LogP contribution is 2.18. The van der Waals surface area contributed by atoms with Crippen LogP contribution in [-0.2, 0) is 6.54 Å². The van der Waals surface area contributed by atoms with E-state index in [0.29, 0.717) is 13.2 Å². The van der Waals surface area contributed by atoms with Crippen LogP contribution in [0.1, 0.15) is 5.56 Å². The summed E-state index contributed by atoms with van der Waals surface area (Å²) in [4.78, 5) is 0. The molecule has 3 rings (SSSR count). The Morgan fingerprint density at radius 3 is 2.04 bits per heavy atom. The number of rotatable bonds is 9. The minimum Gasteiger partial charge on any atom is -0.497 e. The third-order valence-electron chi connectivity index (χ3n) is 3.85. The van der Waals surface area contributed by atoms with E-state index >= 15 is 0 Å². The molecule has 0 radical (unpaired) electrons. The van der Waals surface area contributed by atoms with Gasteiger partial charge >= 0.3 is 0 Å². The molecular formula is C22H23NO3. The number of ether oxygens (including phenoxy) is 3. The molecule has 3 aromatic rings. The highest BCUT2D eigenvalue weighted by molar-refractivity contribution is 5.48. The van der Waals surface area contributed by atoms with Gasteiger partial charge in [0.05, 0.1) is 7.11 Å². The van der Waals surface area contributed by atoms with Crippen LogP contribution < -0.4 is 19.5 Å². The minimum absolute atomic E-state index is 0.510. The van der Waals surface area contributed by atoms with Gasteiger partial charge in [0, 0.05) is 18.3 Å². The summed E-state index contributed by atoms with van der Waals surface area (Å²) < 4.78 is 16.6. The summed E-state index contributed by atoms with van der Waals surface area (Å²) in [5.74, 6) is 2.54. The predicted molar refractivity (Wildman–Crippen MR) is 104 cm³/mol. The lowest BCUT2D eigenvalue weighted by atomic mass is 10.2. The Hall–Kier alpha value is -3.14. The Kier molecular flexibility index (Phi) is 6.37. The number of nitrogens with one attached hydrogen (secondary N) is 1. The van der Waals surface area contributed by atoms with Gasteiger partial charge in [-0.25, -0.2) is 0 Å². The molecule has 0 aromatic heterocycles. The molecule has 1 N–H and O–H groups in total. The van der Waals surface area contributed by atoms with Crippen molar-refractivity contribution in [3.63, 3.8) is 0 Å². The highest BCUT2D eigenvalue weighted by Gasteiger charge is 1.99. The first-order valence-electron chi connectivity index (χ1n) is 8.61. The van der Waals surface area contributed by atoms with E-state index in [1.165, 1.54) is 5.56 Å². The molecule has 0 fully saturated rings. The van der Waals surface area contributed by atoms with Crippen LogP contribution in [0.25, 0.3) is 0 Å². The zero-order chi connectivity index (χ0) is 18.0. The smallest absolute Gasteiger partial charge is 0.122 e. The van der Waals surface area contributed by atoms with Crippen LogP contribution in [-0.4, -0.2) is 20.3 Å². The fourth-order valence-corrected chi connectivity index (χ4v) is 2.48. The number of benzene rings is 3. The Labute approximate surface area is 154 Å². The van der Waals surface area contributed by atoms with Crippen LogP contribution in [0.5, 0.6) is 17.2 Å². The van der Waals surface area contributed by atoms with Gasteiger partial charge in [0.25, 0.3) is 0 Å². The lowest BCUT2D eigenvalue weighted by molar-refractivity contribution is 0.217. The Balaban J connectivity index is 1.41. The molecule has 0 aliphatic rings. The number of hydrogen-bond donors (Lipinski definition) is 1. The number of methoxy groups -OCH3 is 1. The summed E-state index contributed by atoms with van der Waals surface area (Å²) in [6.45, 7) is 1.77. The van der Waals surface area contributed by atoms with Crippen molar-refractivity contribution < 1.29 is 14.2 Å². The van der Waals surface area contributed by atoms with Crippen LogP contribution in [0.4, 0.5) is 5.69 Å². The maximum Gasteiger partial charge on any atom is 0.122 e. The molecule has 0 amide bonds. The molecule has 0 heterocycles. The van der Waals surface area contributed by atoms with E-state index in [2.05, 4.69) is 17.4 Å². The molecule has 0 atom stereocenters. The summed E-state index contributed by atoms with van der Waals surface area (Å²) in [5, 5.41) is 3.38.